The lowest BCUT2D eigenvalue weighted by Crippen LogP contribution is -2.14. The Kier molecular flexibility index (Phi) is 7.38. The lowest BCUT2D eigenvalue weighted by molar-refractivity contribution is 0.101. The first kappa shape index (κ1) is 22.2. The summed E-state index contributed by atoms with van der Waals surface area (Å²) in [6.45, 7) is 1.83. The number of anilines is 2. The molecule has 0 aliphatic heterocycles. The van der Waals surface area contributed by atoms with Crippen molar-refractivity contribution in [2.45, 2.75) is 18.7 Å². The standard InChI is InChI=1S/C23H19Cl3N2O2/c1-14-10-21(28-23(30)18-8-4-16(13-25)5-9-18)19(26)11-20(14)27-22(29)17-6-2-15(12-24)3-7-17/h2-11H,12-13H2,1H3,(H,27,29)(H,28,30). The number of hydrogen-bond donors (Lipinski definition) is 2. The minimum absolute atomic E-state index is 0.258. The highest BCUT2D eigenvalue weighted by molar-refractivity contribution is 6.34. The van der Waals surface area contributed by atoms with Gasteiger partial charge >= 0.3 is 0 Å². The van der Waals surface area contributed by atoms with Gasteiger partial charge in [-0.25, -0.2) is 0 Å². The van der Waals surface area contributed by atoms with Gasteiger partial charge in [0.25, 0.3) is 11.8 Å². The van der Waals surface area contributed by atoms with Crippen LogP contribution in [0, 0.1) is 6.92 Å². The first-order valence-corrected chi connectivity index (χ1v) is 10.6. The van der Waals surface area contributed by atoms with Gasteiger partial charge in [0.2, 0.25) is 0 Å². The van der Waals surface area contributed by atoms with E-state index in [1.807, 2.05) is 6.92 Å². The zero-order valence-corrected chi connectivity index (χ0v) is 18.4. The van der Waals surface area contributed by atoms with Crippen LogP contribution in [0.15, 0.2) is 60.7 Å². The second-order valence-electron chi connectivity index (χ2n) is 6.72. The molecule has 0 saturated heterocycles. The van der Waals surface area contributed by atoms with Crippen LogP contribution in [-0.2, 0) is 11.8 Å². The van der Waals surface area contributed by atoms with Gasteiger partial charge in [-0.1, -0.05) is 35.9 Å². The second-order valence-corrected chi connectivity index (χ2v) is 7.66. The molecule has 0 heterocycles. The highest BCUT2D eigenvalue weighted by atomic mass is 35.5. The molecule has 2 N–H and O–H groups in total. The summed E-state index contributed by atoms with van der Waals surface area (Å²) in [5.74, 6) is 0.234. The number of aryl methyl sites for hydroxylation is 1. The summed E-state index contributed by atoms with van der Waals surface area (Å²) in [6.07, 6.45) is 0. The van der Waals surface area contributed by atoms with Gasteiger partial charge in [0, 0.05) is 28.6 Å². The molecule has 3 aromatic rings. The summed E-state index contributed by atoms with van der Waals surface area (Å²) in [5.41, 5.74) is 4.66. The van der Waals surface area contributed by atoms with Crippen molar-refractivity contribution in [3.63, 3.8) is 0 Å². The fourth-order valence-electron chi connectivity index (χ4n) is 2.79. The zero-order chi connectivity index (χ0) is 21.7. The third-order valence-electron chi connectivity index (χ3n) is 4.55. The largest absolute Gasteiger partial charge is 0.322 e. The van der Waals surface area contributed by atoms with Crippen LogP contribution < -0.4 is 10.6 Å². The van der Waals surface area contributed by atoms with E-state index in [1.165, 1.54) is 0 Å². The van der Waals surface area contributed by atoms with Gasteiger partial charge < -0.3 is 10.6 Å². The summed E-state index contributed by atoms with van der Waals surface area (Å²) in [5, 5.41) is 5.97. The van der Waals surface area contributed by atoms with Gasteiger partial charge in [-0.3, -0.25) is 9.59 Å². The Morgan fingerprint density at radius 3 is 1.60 bits per heavy atom. The second kappa shape index (κ2) is 9.98. The summed E-state index contributed by atoms with van der Waals surface area (Å²) < 4.78 is 0. The normalized spacial score (nSPS) is 10.5. The van der Waals surface area contributed by atoms with Gasteiger partial charge in [-0.15, -0.1) is 23.2 Å². The van der Waals surface area contributed by atoms with Gasteiger partial charge in [0.15, 0.2) is 0 Å². The fraction of sp³-hybridized carbons (Fsp3) is 0.130. The van der Waals surface area contributed by atoms with E-state index in [-0.39, 0.29) is 11.8 Å². The van der Waals surface area contributed by atoms with Crippen molar-refractivity contribution in [3.05, 3.63) is 93.5 Å². The van der Waals surface area contributed by atoms with Crippen LogP contribution in [0.2, 0.25) is 5.02 Å². The molecule has 0 radical (unpaired) electrons. The van der Waals surface area contributed by atoms with Crippen LogP contribution in [-0.4, -0.2) is 11.8 Å². The molecule has 7 heteroatoms. The Morgan fingerprint density at radius 1 is 0.733 bits per heavy atom. The molecule has 0 unspecified atom stereocenters. The molecular formula is C23H19Cl3N2O2. The van der Waals surface area contributed by atoms with E-state index in [4.69, 9.17) is 34.8 Å². The molecule has 0 aliphatic rings. The molecule has 154 valence electrons. The number of hydrogen-bond acceptors (Lipinski definition) is 2. The van der Waals surface area contributed by atoms with Gasteiger partial charge in [-0.2, -0.15) is 0 Å². The molecule has 0 aliphatic carbocycles. The van der Waals surface area contributed by atoms with Gasteiger partial charge in [0.1, 0.15) is 0 Å². The molecule has 30 heavy (non-hydrogen) atoms. The highest BCUT2D eigenvalue weighted by Gasteiger charge is 2.13. The molecule has 4 nitrogen and oxygen atoms in total. The number of nitrogens with one attached hydrogen (secondary N) is 2. The van der Waals surface area contributed by atoms with Crippen LogP contribution in [0.5, 0.6) is 0 Å². The van der Waals surface area contributed by atoms with Crippen LogP contribution in [0.3, 0.4) is 0 Å². The Morgan fingerprint density at radius 2 is 1.17 bits per heavy atom. The summed E-state index contributed by atoms with van der Waals surface area (Å²) in [6, 6.07) is 17.4. The molecule has 0 aromatic heterocycles. The predicted octanol–water partition coefficient (Wildman–Crippen LogP) is 6.63. The van der Waals surface area contributed by atoms with E-state index in [1.54, 1.807) is 60.7 Å². The van der Waals surface area contributed by atoms with Crippen LogP contribution in [0.25, 0.3) is 0 Å². The Balaban J connectivity index is 1.73. The minimum atomic E-state index is -0.284. The molecule has 3 rings (SSSR count). The Bertz CT molecular complexity index is 978. The van der Waals surface area contributed by atoms with Crippen molar-refractivity contribution >= 4 is 58.0 Å². The SMILES string of the molecule is Cc1cc(NC(=O)c2ccc(CCl)cc2)c(Cl)cc1NC(=O)c1ccc(CCl)cc1. The van der Waals surface area contributed by atoms with E-state index < -0.39 is 0 Å². The quantitative estimate of drug-likeness (QED) is 0.405. The number of amides is 2. The molecule has 0 spiro atoms. The van der Waals surface area contributed by atoms with Crippen molar-refractivity contribution in [2.24, 2.45) is 0 Å². The number of rotatable bonds is 6. The number of carbonyl (C=O) groups is 2. The van der Waals surface area contributed by atoms with Gasteiger partial charge in [-0.05, 0) is 60.0 Å². The molecular weight excluding hydrogens is 443 g/mol. The maximum atomic E-state index is 12.5. The maximum Gasteiger partial charge on any atom is 0.255 e. The Labute approximate surface area is 190 Å². The minimum Gasteiger partial charge on any atom is -0.322 e. The highest BCUT2D eigenvalue weighted by Crippen LogP contribution is 2.30. The van der Waals surface area contributed by atoms with Crippen LogP contribution in [0.1, 0.15) is 37.4 Å². The molecule has 3 aromatic carbocycles. The third kappa shape index (κ3) is 5.33. The van der Waals surface area contributed by atoms with Crippen molar-refractivity contribution in [1.29, 1.82) is 0 Å². The van der Waals surface area contributed by atoms with E-state index in [2.05, 4.69) is 10.6 Å². The first-order chi connectivity index (χ1) is 14.4. The van der Waals surface area contributed by atoms with Crippen molar-refractivity contribution in [3.8, 4) is 0 Å². The number of halogens is 3. The van der Waals surface area contributed by atoms with E-state index in [9.17, 15) is 9.59 Å². The molecule has 0 atom stereocenters. The average molecular weight is 462 g/mol. The first-order valence-electron chi connectivity index (χ1n) is 9.14. The van der Waals surface area contributed by atoms with Crippen molar-refractivity contribution in [1.82, 2.24) is 0 Å². The number of carbonyl (C=O) groups excluding carboxylic acids is 2. The molecule has 0 fully saturated rings. The zero-order valence-electron chi connectivity index (χ0n) is 16.1. The third-order valence-corrected chi connectivity index (χ3v) is 5.48. The van der Waals surface area contributed by atoms with Gasteiger partial charge in [0.05, 0.1) is 10.7 Å². The Hall–Kier alpha value is -2.53. The summed E-state index contributed by atoms with van der Waals surface area (Å²) in [4.78, 5) is 25.0. The number of alkyl halides is 2. The fourth-order valence-corrected chi connectivity index (χ4v) is 3.36. The lowest BCUT2D eigenvalue weighted by atomic mass is 10.1. The predicted molar refractivity (Wildman–Crippen MR) is 124 cm³/mol. The number of benzene rings is 3. The average Bonchev–Trinajstić information content (AvgIpc) is 2.77. The molecule has 0 saturated carbocycles. The maximum absolute atomic E-state index is 12.5. The topological polar surface area (TPSA) is 58.2 Å². The lowest BCUT2D eigenvalue weighted by Gasteiger charge is -2.13. The molecule has 0 bridgehead atoms. The smallest absolute Gasteiger partial charge is 0.255 e. The summed E-state index contributed by atoms with van der Waals surface area (Å²) >= 11 is 17.9. The van der Waals surface area contributed by atoms with Crippen molar-refractivity contribution < 1.29 is 9.59 Å². The van der Waals surface area contributed by atoms with Crippen LogP contribution >= 0.6 is 34.8 Å². The van der Waals surface area contributed by atoms with Crippen LogP contribution in [0.4, 0.5) is 11.4 Å². The van der Waals surface area contributed by atoms with Crippen molar-refractivity contribution in [2.75, 3.05) is 10.6 Å². The van der Waals surface area contributed by atoms with E-state index in [0.29, 0.717) is 39.3 Å². The monoisotopic (exact) mass is 460 g/mol. The summed E-state index contributed by atoms with van der Waals surface area (Å²) in [7, 11) is 0. The van der Waals surface area contributed by atoms with E-state index >= 15 is 0 Å². The van der Waals surface area contributed by atoms with E-state index in [0.717, 1.165) is 16.7 Å². The molecule has 2 amide bonds.